The maximum Gasteiger partial charge on any atom is 0.255 e. The highest BCUT2D eigenvalue weighted by Gasteiger charge is 2.30. The number of aliphatic hydroxyl groups is 1. The number of rotatable bonds is 6. The molecule has 1 aliphatic heterocycles. The zero-order valence-electron chi connectivity index (χ0n) is 13.0. The second-order valence-electron chi connectivity index (χ2n) is 5.87. The summed E-state index contributed by atoms with van der Waals surface area (Å²) in [7, 11) is 0. The minimum atomic E-state index is -0.347. The lowest BCUT2D eigenvalue weighted by Gasteiger charge is -2.20. The number of hydrogen-bond acceptors (Lipinski definition) is 3. The molecule has 4 heteroatoms. The van der Waals surface area contributed by atoms with E-state index in [4.69, 9.17) is 0 Å². The number of nitrogens with zero attached hydrogens (tertiary/aromatic N) is 1. The van der Waals surface area contributed by atoms with E-state index in [2.05, 4.69) is 12.2 Å². The van der Waals surface area contributed by atoms with E-state index in [0.717, 1.165) is 43.6 Å². The fourth-order valence-corrected chi connectivity index (χ4v) is 2.76. The second-order valence-corrected chi connectivity index (χ2v) is 5.87. The lowest BCUT2D eigenvalue weighted by Crippen LogP contribution is -2.31. The average Bonchev–Trinajstić information content (AvgIpc) is 2.97. The van der Waals surface area contributed by atoms with Crippen molar-refractivity contribution in [2.45, 2.75) is 39.2 Å². The third-order valence-electron chi connectivity index (χ3n) is 4.20. The molecule has 0 radical (unpaired) electrons. The second kappa shape index (κ2) is 7.46. The maximum absolute atomic E-state index is 12.7. The number of para-hydroxylation sites is 1. The first kappa shape index (κ1) is 15.8. The van der Waals surface area contributed by atoms with Crippen molar-refractivity contribution < 1.29 is 9.90 Å². The smallest absolute Gasteiger partial charge is 0.255 e. The molecule has 0 aromatic heterocycles. The van der Waals surface area contributed by atoms with Gasteiger partial charge in [-0.05, 0) is 31.9 Å². The molecule has 1 fully saturated rings. The summed E-state index contributed by atoms with van der Waals surface area (Å²) >= 11 is 0. The normalized spacial score (nSPS) is 19.6. The first-order valence-electron chi connectivity index (χ1n) is 7.93. The van der Waals surface area contributed by atoms with Crippen molar-refractivity contribution in [3.8, 4) is 0 Å². The Morgan fingerprint density at radius 1 is 1.48 bits per heavy atom. The van der Waals surface area contributed by atoms with Crippen LogP contribution in [0.3, 0.4) is 0 Å². The summed E-state index contributed by atoms with van der Waals surface area (Å²) in [5.41, 5.74) is 1.65. The summed E-state index contributed by atoms with van der Waals surface area (Å²) in [6, 6.07) is 7.70. The molecule has 1 aromatic rings. The van der Waals surface area contributed by atoms with Gasteiger partial charge in [0.15, 0.2) is 0 Å². The number of likely N-dealkylation sites (tertiary alicyclic amines) is 1. The number of anilines is 1. The lowest BCUT2D eigenvalue weighted by atomic mass is 10.0. The van der Waals surface area contributed by atoms with Gasteiger partial charge in [0.25, 0.3) is 5.91 Å². The van der Waals surface area contributed by atoms with Crippen LogP contribution in [0.25, 0.3) is 0 Å². The van der Waals surface area contributed by atoms with Crippen LogP contribution >= 0.6 is 0 Å². The molecule has 1 aliphatic rings. The minimum absolute atomic E-state index is 0.0674. The van der Waals surface area contributed by atoms with Gasteiger partial charge in [0.05, 0.1) is 11.7 Å². The predicted octanol–water partition coefficient (Wildman–Crippen LogP) is 2.74. The summed E-state index contributed by atoms with van der Waals surface area (Å²) in [5.74, 6) is 0.270. The number of carbonyl (C=O) groups is 1. The van der Waals surface area contributed by atoms with Gasteiger partial charge in [-0.3, -0.25) is 4.79 Å². The Bertz CT molecular complexity index is 474. The molecule has 2 rings (SSSR count). The van der Waals surface area contributed by atoms with Gasteiger partial charge in [-0.15, -0.1) is 0 Å². The van der Waals surface area contributed by atoms with Gasteiger partial charge in [0, 0.05) is 31.2 Å². The Morgan fingerprint density at radius 3 is 2.90 bits per heavy atom. The molecule has 1 amide bonds. The van der Waals surface area contributed by atoms with Crippen LogP contribution < -0.4 is 5.32 Å². The predicted molar refractivity (Wildman–Crippen MR) is 85.5 cm³/mol. The Morgan fingerprint density at radius 2 is 2.24 bits per heavy atom. The Labute approximate surface area is 127 Å². The number of hydrogen-bond donors (Lipinski definition) is 2. The topological polar surface area (TPSA) is 52.6 Å². The van der Waals surface area contributed by atoms with Crippen molar-refractivity contribution in [2.24, 2.45) is 5.92 Å². The molecule has 2 unspecified atom stereocenters. The van der Waals surface area contributed by atoms with Crippen LogP contribution in [0.5, 0.6) is 0 Å². The van der Waals surface area contributed by atoms with Crippen LogP contribution in [0.15, 0.2) is 24.3 Å². The number of unbranched alkanes of at least 4 members (excludes halogenated alkanes) is 1. The number of carbonyl (C=O) groups excluding carboxylic acids is 1. The van der Waals surface area contributed by atoms with E-state index in [1.54, 1.807) is 6.92 Å². The summed E-state index contributed by atoms with van der Waals surface area (Å²) in [4.78, 5) is 14.5. The molecule has 0 bridgehead atoms. The van der Waals surface area contributed by atoms with Gasteiger partial charge in [-0.2, -0.15) is 0 Å². The molecule has 2 N–H and O–H groups in total. The van der Waals surface area contributed by atoms with Gasteiger partial charge in [0.1, 0.15) is 0 Å². The number of benzene rings is 1. The van der Waals surface area contributed by atoms with Gasteiger partial charge in [-0.25, -0.2) is 0 Å². The number of aliphatic hydroxyl groups excluding tert-OH is 1. The first-order valence-corrected chi connectivity index (χ1v) is 7.93. The molecule has 21 heavy (non-hydrogen) atoms. The molecule has 1 aromatic carbocycles. The van der Waals surface area contributed by atoms with Gasteiger partial charge >= 0.3 is 0 Å². The van der Waals surface area contributed by atoms with E-state index >= 15 is 0 Å². The van der Waals surface area contributed by atoms with Crippen LogP contribution in [0, 0.1) is 5.92 Å². The van der Waals surface area contributed by atoms with Crippen LogP contribution in [-0.4, -0.2) is 41.7 Å². The van der Waals surface area contributed by atoms with E-state index in [-0.39, 0.29) is 17.9 Å². The zero-order chi connectivity index (χ0) is 15.2. The van der Waals surface area contributed by atoms with E-state index < -0.39 is 0 Å². The Hall–Kier alpha value is -1.55. The molecule has 1 saturated heterocycles. The van der Waals surface area contributed by atoms with Crippen LogP contribution in [0.1, 0.15) is 43.5 Å². The molecule has 4 nitrogen and oxygen atoms in total. The van der Waals surface area contributed by atoms with Crippen molar-refractivity contribution in [1.29, 1.82) is 0 Å². The third-order valence-corrected chi connectivity index (χ3v) is 4.20. The Kier molecular flexibility index (Phi) is 5.62. The molecular formula is C17H26N2O2. The standard InChI is InChI=1S/C17H26N2O2/c1-3-4-10-18-16-8-6-5-7-15(16)17(21)19-11-9-14(12-19)13(2)20/h5-8,13-14,18,20H,3-4,9-12H2,1-2H3. The average molecular weight is 290 g/mol. The highest BCUT2D eigenvalue weighted by molar-refractivity contribution is 5.99. The SMILES string of the molecule is CCCCNc1ccccc1C(=O)N1CCC(C(C)O)C1. The molecule has 0 aliphatic carbocycles. The van der Waals surface area contributed by atoms with Crippen LogP contribution in [0.2, 0.25) is 0 Å². The van der Waals surface area contributed by atoms with Crippen LogP contribution in [0.4, 0.5) is 5.69 Å². The number of nitrogens with one attached hydrogen (secondary N) is 1. The summed E-state index contributed by atoms with van der Waals surface area (Å²) in [5, 5.41) is 13.0. The summed E-state index contributed by atoms with van der Waals surface area (Å²) in [6.45, 7) is 6.23. The van der Waals surface area contributed by atoms with E-state index in [0.29, 0.717) is 6.54 Å². The molecule has 116 valence electrons. The summed E-state index contributed by atoms with van der Waals surface area (Å²) < 4.78 is 0. The minimum Gasteiger partial charge on any atom is -0.393 e. The molecular weight excluding hydrogens is 264 g/mol. The molecule has 1 heterocycles. The molecule has 2 atom stereocenters. The van der Waals surface area contributed by atoms with Crippen molar-refractivity contribution in [3.63, 3.8) is 0 Å². The fraction of sp³-hybridized carbons (Fsp3) is 0.588. The fourth-order valence-electron chi connectivity index (χ4n) is 2.76. The van der Waals surface area contributed by atoms with Gasteiger partial charge in [-0.1, -0.05) is 25.5 Å². The Balaban J connectivity index is 2.05. The molecule has 0 saturated carbocycles. The highest BCUT2D eigenvalue weighted by atomic mass is 16.3. The highest BCUT2D eigenvalue weighted by Crippen LogP contribution is 2.24. The summed E-state index contributed by atoms with van der Waals surface area (Å²) in [6.07, 6.45) is 2.76. The molecule has 0 spiro atoms. The van der Waals surface area contributed by atoms with Crippen molar-refractivity contribution >= 4 is 11.6 Å². The quantitative estimate of drug-likeness (QED) is 0.792. The monoisotopic (exact) mass is 290 g/mol. The van der Waals surface area contributed by atoms with Crippen molar-refractivity contribution in [3.05, 3.63) is 29.8 Å². The first-order chi connectivity index (χ1) is 10.1. The largest absolute Gasteiger partial charge is 0.393 e. The lowest BCUT2D eigenvalue weighted by molar-refractivity contribution is 0.0763. The van der Waals surface area contributed by atoms with E-state index in [9.17, 15) is 9.90 Å². The number of amides is 1. The van der Waals surface area contributed by atoms with Crippen molar-refractivity contribution in [2.75, 3.05) is 25.0 Å². The van der Waals surface area contributed by atoms with Crippen molar-refractivity contribution in [1.82, 2.24) is 4.90 Å². The zero-order valence-corrected chi connectivity index (χ0v) is 13.0. The van der Waals surface area contributed by atoms with Crippen LogP contribution in [-0.2, 0) is 0 Å². The van der Waals surface area contributed by atoms with E-state index in [1.807, 2.05) is 29.2 Å². The third kappa shape index (κ3) is 3.97. The van der Waals surface area contributed by atoms with E-state index in [1.165, 1.54) is 0 Å². The maximum atomic E-state index is 12.7. The van der Waals surface area contributed by atoms with Gasteiger partial charge in [0.2, 0.25) is 0 Å². The van der Waals surface area contributed by atoms with Gasteiger partial charge < -0.3 is 15.3 Å².